The van der Waals surface area contributed by atoms with Gasteiger partial charge in [0.15, 0.2) is 0 Å². The van der Waals surface area contributed by atoms with Gasteiger partial charge < -0.3 is 29.8 Å². The van der Waals surface area contributed by atoms with Crippen LogP contribution in [0.3, 0.4) is 0 Å². The van der Waals surface area contributed by atoms with Crippen molar-refractivity contribution >= 4 is 23.1 Å². The second kappa shape index (κ2) is 10.7. The molecular weight excluding hydrogens is 385 g/mol. The van der Waals surface area contributed by atoms with Crippen molar-refractivity contribution in [2.75, 3.05) is 0 Å². The smallest absolute Gasteiger partial charge is 1.00 e. The molecule has 0 unspecified atom stereocenters. The first-order valence-corrected chi connectivity index (χ1v) is 7.48. The Morgan fingerprint density at radius 2 is 1.56 bits per heavy atom. The molecule has 0 atom stereocenters. The molecule has 126 valence electrons. The first-order valence-electron chi connectivity index (χ1n) is 7.48. The average molecular weight is 404 g/mol. The number of aromatic nitrogens is 1. The number of benzene rings is 2. The normalized spacial score (nSPS) is 10.6. The molecule has 4 heteroatoms. The van der Waals surface area contributed by atoms with Crippen molar-refractivity contribution in [3.05, 3.63) is 81.9 Å². The van der Waals surface area contributed by atoms with Crippen LogP contribution in [0.1, 0.15) is 19.4 Å². The number of fused-ring (bicyclic) bond motifs is 2. The maximum atomic E-state index is 3.36. The Balaban J connectivity index is 0.000000416. The second-order valence-electron chi connectivity index (χ2n) is 5.69. The molecule has 0 fully saturated rings. The quantitative estimate of drug-likeness (QED) is 0.322. The van der Waals surface area contributed by atoms with E-state index in [9.17, 15) is 0 Å². The number of halogens is 2. The van der Waals surface area contributed by atoms with E-state index < -0.39 is 0 Å². The van der Waals surface area contributed by atoms with Gasteiger partial charge in [0.05, 0.1) is 0 Å². The zero-order valence-electron chi connectivity index (χ0n) is 14.5. The van der Waals surface area contributed by atoms with E-state index in [1.54, 1.807) is 0 Å². The molecule has 25 heavy (non-hydrogen) atoms. The number of hydrogen-bond donors (Lipinski definition) is 1. The summed E-state index contributed by atoms with van der Waals surface area (Å²) < 4.78 is 0. The van der Waals surface area contributed by atoms with Gasteiger partial charge in [-0.2, -0.15) is 10.9 Å². The third kappa shape index (κ3) is 5.62. The molecule has 1 aliphatic carbocycles. The first kappa shape index (κ1) is 23.8. The fraction of sp³-hybridized carbons (Fsp3) is 0.143. The van der Waals surface area contributed by atoms with E-state index in [1.807, 2.05) is 18.2 Å². The van der Waals surface area contributed by atoms with E-state index in [4.69, 9.17) is 0 Å². The summed E-state index contributed by atoms with van der Waals surface area (Å²) in [6.07, 6.45) is 8.59. The molecule has 3 aromatic rings. The molecule has 4 rings (SSSR count). The molecule has 0 bridgehead atoms. The molecule has 2 aromatic carbocycles. The number of para-hydroxylation sites is 1. The van der Waals surface area contributed by atoms with Crippen LogP contribution in [0.4, 0.5) is 0 Å². The van der Waals surface area contributed by atoms with Crippen LogP contribution in [0.25, 0.3) is 23.1 Å². The second-order valence-corrected chi connectivity index (χ2v) is 5.69. The number of nitrogens with one attached hydrogen (secondary N) is 1. The van der Waals surface area contributed by atoms with Crippen molar-refractivity contribution in [3.63, 3.8) is 0 Å². The van der Waals surface area contributed by atoms with E-state index in [2.05, 4.69) is 74.4 Å². The van der Waals surface area contributed by atoms with Crippen molar-refractivity contribution < 1.29 is 46.5 Å². The molecule has 0 amide bonds. The van der Waals surface area contributed by atoms with Crippen LogP contribution in [0.2, 0.25) is 0 Å². The number of aromatic amines is 1. The number of aryl methyl sites for hydroxylation is 1. The monoisotopic (exact) mass is 403 g/mol. The molecular formula is C21H19Cl2NTi. The largest absolute Gasteiger partial charge is 4.00 e. The van der Waals surface area contributed by atoms with Gasteiger partial charge in [-0.1, -0.05) is 51.1 Å². The average Bonchev–Trinajstić information content (AvgIpc) is 3.12. The van der Waals surface area contributed by atoms with Gasteiger partial charge in [0.2, 0.25) is 0 Å². The molecule has 0 saturated carbocycles. The minimum atomic E-state index is 0. The third-order valence-electron chi connectivity index (χ3n) is 3.78. The van der Waals surface area contributed by atoms with Crippen molar-refractivity contribution in [2.45, 2.75) is 20.8 Å². The van der Waals surface area contributed by atoms with Crippen LogP contribution in [0.15, 0.2) is 59.7 Å². The van der Waals surface area contributed by atoms with Crippen molar-refractivity contribution in [2.24, 2.45) is 0 Å². The number of allylic oxidation sites excluding steroid dienone is 2. The van der Waals surface area contributed by atoms with Crippen molar-refractivity contribution in [1.29, 1.82) is 0 Å². The van der Waals surface area contributed by atoms with Crippen LogP contribution in [0, 0.1) is 13.1 Å². The predicted octanol–water partition coefficient (Wildman–Crippen LogP) is -2.24. The summed E-state index contributed by atoms with van der Waals surface area (Å²) in [6.45, 7) is 6.29. The molecule has 1 aromatic heterocycles. The van der Waals surface area contributed by atoms with E-state index in [1.165, 1.54) is 38.0 Å². The van der Waals surface area contributed by atoms with Gasteiger partial charge in [-0.05, 0) is 0 Å². The van der Waals surface area contributed by atoms with Gasteiger partial charge in [-0.25, -0.2) is 0 Å². The van der Waals surface area contributed by atoms with Gasteiger partial charge in [0.25, 0.3) is 0 Å². The van der Waals surface area contributed by atoms with Crippen molar-refractivity contribution in [1.82, 2.24) is 4.98 Å². The summed E-state index contributed by atoms with van der Waals surface area (Å²) in [5.74, 6) is 0. The Hall–Kier alpha value is -1.25. The van der Waals surface area contributed by atoms with Crippen LogP contribution >= 0.6 is 0 Å². The SMILES string of the molecule is CC(C)=C1[C-]=c2ccccc2=C1.Cc1[c-][nH]c2ccccc12.[Cl-].[Cl-].[Ti+4]. The minimum absolute atomic E-state index is 0. The standard InChI is InChI=1S/C12H11.C9H8N.2ClH.Ti/c1-9(2)12-7-10-5-3-4-6-11(10)8-12;1-7-6-10-9-5-3-2-4-8(7)9;;;/h3-7H,1-2H3;2-5,10H,1H3;2*1H;/q2*-1;;;+4/p-2. The summed E-state index contributed by atoms with van der Waals surface area (Å²) in [7, 11) is 0. The maximum absolute atomic E-state index is 3.36. The minimum Gasteiger partial charge on any atom is -1.00 e. The van der Waals surface area contributed by atoms with Gasteiger partial charge >= 0.3 is 21.7 Å². The summed E-state index contributed by atoms with van der Waals surface area (Å²) in [4.78, 5) is 3.06. The fourth-order valence-electron chi connectivity index (χ4n) is 2.49. The van der Waals surface area contributed by atoms with Gasteiger partial charge in [-0.3, -0.25) is 0 Å². The van der Waals surface area contributed by atoms with Crippen LogP contribution < -0.4 is 35.3 Å². The Bertz CT molecular complexity index is 930. The topological polar surface area (TPSA) is 15.8 Å². The zero-order chi connectivity index (χ0) is 15.5. The maximum Gasteiger partial charge on any atom is 4.00 e. The van der Waals surface area contributed by atoms with Crippen molar-refractivity contribution in [3.8, 4) is 0 Å². The van der Waals surface area contributed by atoms with E-state index in [0.717, 1.165) is 0 Å². The number of H-pyrrole nitrogens is 1. The predicted molar refractivity (Wildman–Crippen MR) is 93.8 cm³/mol. The summed E-state index contributed by atoms with van der Waals surface area (Å²) >= 11 is 0. The number of hydrogen-bond acceptors (Lipinski definition) is 0. The van der Waals surface area contributed by atoms with Gasteiger partial charge in [-0.15, -0.1) is 63.6 Å². The van der Waals surface area contributed by atoms with Crippen LogP contribution in [0.5, 0.6) is 0 Å². The molecule has 1 nitrogen and oxygen atoms in total. The Morgan fingerprint density at radius 3 is 2.20 bits per heavy atom. The first-order chi connectivity index (χ1) is 10.6. The third-order valence-corrected chi connectivity index (χ3v) is 3.78. The van der Waals surface area contributed by atoms with E-state index in [0.29, 0.717) is 0 Å². The molecule has 0 aliphatic heterocycles. The number of rotatable bonds is 0. The molecule has 0 spiro atoms. The van der Waals surface area contributed by atoms with Crippen LogP contribution in [-0.2, 0) is 21.7 Å². The van der Waals surface area contributed by atoms with E-state index >= 15 is 0 Å². The Labute approximate surface area is 176 Å². The van der Waals surface area contributed by atoms with Gasteiger partial charge in [0.1, 0.15) is 0 Å². The zero-order valence-corrected chi connectivity index (χ0v) is 17.5. The van der Waals surface area contributed by atoms with E-state index in [-0.39, 0.29) is 46.5 Å². The molecule has 1 aliphatic rings. The molecule has 1 N–H and O–H groups in total. The molecule has 1 heterocycles. The summed E-state index contributed by atoms with van der Waals surface area (Å²) in [5, 5.41) is 3.77. The summed E-state index contributed by atoms with van der Waals surface area (Å²) in [6, 6.07) is 16.5. The van der Waals surface area contributed by atoms with Crippen LogP contribution in [-0.4, -0.2) is 4.98 Å². The van der Waals surface area contributed by atoms with Gasteiger partial charge in [0, 0.05) is 0 Å². The fourth-order valence-corrected chi connectivity index (χ4v) is 2.49. The Kier molecular flexibility index (Phi) is 10.1. The summed E-state index contributed by atoms with van der Waals surface area (Å²) in [5.41, 5.74) is 4.91. The molecule has 0 saturated heterocycles. The molecule has 0 radical (unpaired) electrons. The Morgan fingerprint density at radius 1 is 0.920 bits per heavy atom.